The van der Waals surface area contributed by atoms with Crippen LogP contribution in [-0.4, -0.2) is 37.2 Å². The van der Waals surface area contributed by atoms with Crippen molar-refractivity contribution in [2.75, 3.05) is 13.2 Å². The number of allylic oxidation sites excluding steroid dienone is 14. The first kappa shape index (κ1) is 59.6. The molecule has 0 radical (unpaired) electrons. The van der Waals surface area contributed by atoms with Crippen LogP contribution in [-0.2, 0) is 28.6 Å². The third-order valence-electron chi connectivity index (χ3n) is 10.9. The number of ether oxygens (including phenoxy) is 3. The Morgan fingerprint density at radius 3 is 1.06 bits per heavy atom. The quantitative estimate of drug-likeness (QED) is 0.0262. The van der Waals surface area contributed by atoms with Gasteiger partial charge in [0.15, 0.2) is 6.10 Å². The van der Waals surface area contributed by atoms with Gasteiger partial charge < -0.3 is 14.2 Å². The Labute approximate surface area is 388 Å². The van der Waals surface area contributed by atoms with Gasteiger partial charge in [-0.2, -0.15) is 0 Å². The van der Waals surface area contributed by atoms with Gasteiger partial charge in [-0.1, -0.05) is 215 Å². The minimum atomic E-state index is -0.801. The first-order valence-corrected chi connectivity index (χ1v) is 26.1. The molecule has 0 aliphatic carbocycles. The second kappa shape index (κ2) is 51.2. The summed E-state index contributed by atoms with van der Waals surface area (Å²) in [6, 6.07) is 0. The molecule has 0 N–H and O–H groups in total. The van der Waals surface area contributed by atoms with E-state index >= 15 is 0 Å². The summed E-state index contributed by atoms with van der Waals surface area (Å²) < 4.78 is 16.7. The van der Waals surface area contributed by atoms with Crippen molar-refractivity contribution < 1.29 is 28.6 Å². The van der Waals surface area contributed by atoms with Gasteiger partial charge >= 0.3 is 17.9 Å². The van der Waals surface area contributed by atoms with Gasteiger partial charge in [-0.15, -0.1) is 0 Å². The second-order valence-electron chi connectivity index (χ2n) is 17.1. The lowest BCUT2D eigenvalue weighted by Crippen LogP contribution is -2.30. The monoisotopic (exact) mass is 877 g/mol. The maximum Gasteiger partial charge on any atom is 0.306 e. The summed E-state index contributed by atoms with van der Waals surface area (Å²) in [5.41, 5.74) is 0. The van der Waals surface area contributed by atoms with Gasteiger partial charge in [-0.05, 0) is 89.9 Å². The molecule has 0 spiro atoms. The highest BCUT2D eigenvalue weighted by Crippen LogP contribution is 2.14. The molecule has 0 saturated heterocycles. The van der Waals surface area contributed by atoms with E-state index in [1.54, 1.807) is 0 Å². The van der Waals surface area contributed by atoms with E-state index in [0.29, 0.717) is 19.3 Å². The first-order chi connectivity index (χ1) is 31.0. The van der Waals surface area contributed by atoms with Crippen LogP contribution in [0.5, 0.6) is 0 Å². The Morgan fingerprint density at radius 1 is 0.333 bits per heavy atom. The van der Waals surface area contributed by atoms with Crippen LogP contribution >= 0.6 is 0 Å². The van der Waals surface area contributed by atoms with Crippen LogP contribution in [0.3, 0.4) is 0 Å². The van der Waals surface area contributed by atoms with Crippen molar-refractivity contribution >= 4 is 17.9 Å². The number of hydrogen-bond donors (Lipinski definition) is 0. The SMILES string of the molecule is CC/C=C\C/C=C\C/C=C\C/C=C\C/C=C\CCCC(=O)OC[C@@H](COC(=O)CCCCCCCCCCCCC)OC(=O)CCCCCCCCC/C=C\C/C=C\CCCCC. The molecule has 0 aromatic rings. The normalized spacial score (nSPS) is 12.7. The van der Waals surface area contributed by atoms with Gasteiger partial charge in [0, 0.05) is 19.3 Å². The lowest BCUT2D eigenvalue weighted by molar-refractivity contribution is -0.167. The summed E-state index contributed by atoms with van der Waals surface area (Å²) in [7, 11) is 0. The number of carbonyl (C=O) groups excluding carboxylic acids is 3. The van der Waals surface area contributed by atoms with E-state index < -0.39 is 6.10 Å². The van der Waals surface area contributed by atoms with Crippen molar-refractivity contribution in [1.29, 1.82) is 0 Å². The van der Waals surface area contributed by atoms with Gasteiger partial charge in [0.1, 0.15) is 13.2 Å². The molecule has 0 aliphatic rings. The molecule has 0 aromatic heterocycles. The Bertz CT molecular complexity index is 1240. The highest BCUT2D eigenvalue weighted by atomic mass is 16.6. The fourth-order valence-corrected chi connectivity index (χ4v) is 6.98. The standard InChI is InChI=1S/C57H96O6/c1-4-7-10-13-16-19-22-24-26-28-30-32-35-38-41-44-47-50-56(59)62-53-54(52-61-55(58)49-46-43-40-37-34-21-18-15-12-9-6-3)63-57(60)51-48-45-42-39-36-33-31-29-27-25-23-20-17-14-11-8-5-2/h7,10,16-17,19-20,24-27,30,32,38,41,54H,4-6,8-9,11-15,18,21-23,28-29,31,33-37,39-40,42-53H2,1-3H3/b10-7-,19-16-,20-17-,26-24-,27-25-,32-30-,41-38-/t54-/m1/s1. The molecule has 0 aromatic carbocycles. The zero-order valence-corrected chi connectivity index (χ0v) is 41.1. The molecular formula is C57H96O6. The van der Waals surface area contributed by atoms with E-state index in [1.165, 1.54) is 103 Å². The minimum Gasteiger partial charge on any atom is -0.462 e. The predicted octanol–water partition coefficient (Wildman–Crippen LogP) is 17.2. The van der Waals surface area contributed by atoms with Crippen molar-refractivity contribution in [2.24, 2.45) is 0 Å². The van der Waals surface area contributed by atoms with Crippen molar-refractivity contribution in [2.45, 2.75) is 245 Å². The molecule has 0 heterocycles. The first-order valence-electron chi connectivity index (χ1n) is 26.1. The van der Waals surface area contributed by atoms with E-state index in [2.05, 4.69) is 106 Å². The molecule has 1 atom stereocenters. The minimum absolute atomic E-state index is 0.0964. The largest absolute Gasteiger partial charge is 0.462 e. The maximum absolute atomic E-state index is 12.8. The molecule has 0 bridgehead atoms. The summed E-state index contributed by atoms with van der Waals surface area (Å²) in [6.45, 7) is 6.43. The summed E-state index contributed by atoms with van der Waals surface area (Å²) in [6.07, 6.45) is 65.7. The lowest BCUT2D eigenvalue weighted by Gasteiger charge is -2.18. The van der Waals surface area contributed by atoms with Crippen LogP contribution < -0.4 is 0 Å². The van der Waals surface area contributed by atoms with Gasteiger partial charge in [0.25, 0.3) is 0 Å². The zero-order chi connectivity index (χ0) is 45.8. The van der Waals surface area contributed by atoms with Gasteiger partial charge in [0.2, 0.25) is 0 Å². The Kier molecular flexibility index (Phi) is 48.5. The molecule has 0 aliphatic heterocycles. The summed E-state index contributed by atoms with van der Waals surface area (Å²) in [5, 5.41) is 0. The molecule has 6 heteroatoms. The summed E-state index contributed by atoms with van der Waals surface area (Å²) in [4.78, 5) is 37.9. The van der Waals surface area contributed by atoms with E-state index in [-0.39, 0.29) is 37.5 Å². The average molecular weight is 877 g/mol. The number of hydrogen-bond acceptors (Lipinski definition) is 6. The Balaban J connectivity index is 4.47. The van der Waals surface area contributed by atoms with Crippen LogP contribution in [0.2, 0.25) is 0 Å². The third-order valence-corrected chi connectivity index (χ3v) is 10.9. The van der Waals surface area contributed by atoms with Crippen molar-refractivity contribution in [3.05, 3.63) is 85.1 Å². The van der Waals surface area contributed by atoms with Crippen molar-refractivity contribution in [3.8, 4) is 0 Å². The van der Waals surface area contributed by atoms with Gasteiger partial charge in [-0.3, -0.25) is 14.4 Å². The molecule has 0 amide bonds. The van der Waals surface area contributed by atoms with Gasteiger partial charge in [-0.25, -0.2) is 0 Å². The molecule has 63 heavy (non-hydrogen) atoms. The van der Waals surface area contributed by atoms with Crippen LogP contribution in [0, 0.1) is 0 Å². The summed E-state index contributed by atoms with van der Waals surface area (Å²) in [5.74, 6) is -0.966. The fourth-order valence-electron chi connectivity index (χ4n) is 6.98. The van der Waals surface area contributed by atoms with Crippen molar-refractivity contribution in [3.63, 3.8) is 0 Å². The molecule has 0 rings (SSSR count). The predicted molar refractivity (Wildman–Crippen MR) is 270 cm³/mol. The number of carbonyl (C=O) groups is 3. The molecule has 0 fully saturated rings. The van der Waals surface area contributed by atoms with E-state index in [0.717, 1.165) is 89.9 Å². The molecule has 6 nitrogen and oxygen atoms in total. The Morgan fingerprint density at radius 2 is 0.635 bits per heavy atom. The topological polar surface area (TPSA) is 78.9 Å². The van der Waals surface area contributed by atoms with Crippen LogP contribution in [0.25, 0.3) is 0 Å². The van der Waals surface area contributed by atoms with E-state index in [9.17, 15) is 14.4 Å². The van der Waals surface area contributed by atoms with Crippen LogP contribution in [0.15, 0.2) is 85.1 Å². The van der Waals surface area contributed by atoms with E-state index in [1.807, 2.05) is 0 Å². The maximum atomic E-state index is 12.8. The third kappa shape index (κ3) is 49.5. The number of unbranched alkanes of at least 4 members (excludes halogenated alkanes) is 21. The number of esters is 3. The molecule has 0 unspecified atom stereocenters. The second-order valence-corrected chi connectivity index (χ2v) is 17.1. The Hall–Kier alpha value is -3.41. The average Bonchev–Trinajstić information content (AvgIpc) is 3.28. The molecular weight excluding hydrogens is 781 g/mol. The zero-order valence-electron chi connectivity index (χ0n) is 41.1. The molecule has 0 saturated carbocycles. The smallest absolute Gasteiger partial charge is 0.306 e. The molecule has 360 valence electrons. The highest BCUT2D eigenvalue weighted by Gasteiger charge is 2.19. The highest BCUT2D eigenvalue weighted by molar-refractivity contribution is 5.71. The number of rotatable bonds is 46. The van der Waals surface area contributed by atoms with E-state index in [4.69, 9.17) is 14.2 Å². The summed E-state index contributed by atoms with van der Waals surface area (Å²) >= 11 is 0. The lowest BCUT2D eigenvalue weighted by atomic mass is 10.1. The van der Waals surface area contributed by atoms with Gasteiger partial charge in [0.05, 0.1) is 0 Å². The fraction of sp³-hybridized carbons (Fsp3) is 0.702. The van der Waals surface area contributed by atoms with Crippen LogP contribution in [0.1, 0.15) is 239 Å². The van der Waals surface area contributed by atoms with Crippen molar-refractivity contribution in [1.82, 2.24) is 0 Å². The van der Waals surface area contributed by atoms with Crippen LogP contribution in [0.4, 0.5) is 0 Å².